The van der Waals surface area contributed by atoms with E-state index >= 15 is 0 Å². The van der Waals surface area contributed by atoms with E-state index in [-0.39, 0.29) is 11.2 Å². The van der Waals surface area contributed by atoms with Gasteiger partial charge in [0.25, 0.3) is 0 Å². The van der Waals surface area contributed by atoms with Gasteiger partial charge in [-0.1, -0.05) is 35.9 Å². The molecule has 2 heterocycles. The van der Waals surface area contributed by atoms with E-state index in [9.17, 15) is 8.42 Å². The molecule has 1 aromatic heterocycles. The number of fused-ring (bicyclic) bond motifs is 2. The summed E-state index contributed by atoms with van der Waals surface area (Å²) in [5.74, 6) is -0.0540. The molecule has 0 bridgehead atoms. The Kier molecular flexibility index (Phi) is 3.00. The van der Waals surface area contributed by atoms with Crippen molar-refractivity contribution in [2.45, 2.75) is 24.0 Å². The zero-order chi connectivity index (χ0) is 15.4. The average Bonchev–Trinajstić information content (AvgIpc) is 3.19. The lowest BCUT2D eigenvalue weighted by Crippen LogP contribution is -2.32. The topological polar surface area (TPSA) is 50.3 Å². The van der Waals surface area contributed by atoms with Crippen LogP contribution in [0, 0.1) is 0 Å². The molecule has 1 saturated carbocycles. The second-order valence-electron chi connectivity index (χ2n) is 6.05. The fraction of sp³-hybridized carbons (Fsp3) is 0.312. The molecule has 6 heteroatoms. The zero-order valence-electron chi connectivity index (χ0n) is 11.9. The summed E-state index contributed by atoms with van der Waals surface area (Å²) in [7, 11) is -3.42. The van der Waals surface area contributed by atoms with E-state index in [2.05, 4.69) is 11.1 Å². The van der Waals surface area contributed by atoms with Crippen molar-refractivity contribution in [1.82, 2.24) is 4.98 Å². The first-order valence-corrected chi connectivity index (χ1v) is 9.19. The van der Waals surface area contributed by atoms with E-state index in [0.29, 0.717) is 17.3 Å². The number of aromatic nitrogens is 1. The van der Waals surface area contributed by atoms with Gasteiger partial charge in [-0.3, -0.25) is 4.31 Å². The number of rotatable bonds is 3. The molecule has 0 N–H and O–H groups in total. The zero-order valence-corrected chi connectivity index (χ0v) is 13.4. The maximum Gasteiger partial charge on any atom is 0.239 e. The summed E-state index contributed by atoms with van der Waals surface area (Å²) >= 11 is 5.75. The van der Waals surface area contributed by atoms with Crippen LogP contribution in [0.2, 0.25) is 5.15 Å². The smallest absolute Gasteiger partial charge is 0.239 e. The fourth-order valence-corrected chi connectivity index (χ4v) is 4.95. The Labute approximate surface area is 134 Å². The van der Waals surface area contributed by atoms with Crippen molar-refractivity contribution in [3.63, 3.8) is 0 Å². The highest BCUT2D eigenvalue weighted by Crippen LogP contribution is 2.57. The number of nitrogens with zero attached hydrogens (tertiary/aromatic N) is 2. The van der Waals surface area contributed by atoms with Gasteiger partial charge in [0.15, 0.2) is 0 Å². The van der Waals surface area contributed by atoms with Crippen LogP contribution in [-0.4, -0.2) is 19.9 Å². The molecule has 0 amide bonds. The van der Waals surface area contributed by atoms with Crippen molar-refractivity contribution in [2.75, 3.05) is 10.8 Å². The number of para-hydroxylation sites is 1. The van der Waals surface area contributed by atoms with Crippen LogP contribution in [0.1, 0.15) is 24.0 Å². The minimum Gasteiger partial charge on any atom is -0.269 e. The van der Waals surface area contributed by atoms with Gasteiger partial charge in [-0.25, -0.2) is 13.4 Å². The number of hydrogen-bond donors (Lipinski definition) is 0. The Morgan fingerprint density at radius 3 is 2.64 bits per heavy atom. The summed E-state index contributed by atoms with van der Waals surface area (Å²) < 4.78 is 27.2. The molecule has 0 unspecified atom stereocenters. The first-order chi connectivity index (χ1) is 10.5. The van der Waals surface area contributed by atoms with E-state index in [4.69, 9.17) is 11.6 Å². The summed E-state index contributed by atoms with van der Waals surface area (Å²) in [6, 6.07) is 11.2. The van der Waals surface area contributed by atoms with Crippen LogP contribution in [0.25, 0.3) is 0 Å². The molecule has 0 saturated heterocycles. The molecule has 4 nitrogen and oxygen atoms in total. The summed E-state index contributed by atoms with van der Waals surface area (Å²) in [6.45, 7) is 0.565. The van der Waals surface area contributed by atoms with E-state index in [1.54, 1.807) is 16.4 Å². The lowest BCUT2D eigenvalue weighted by molar-refractivity contribution is 0.587. The van der Waals surface area contributed by atoms with Gasteiger partial charge in [-0.05, 0) is 36.1 Å². The molecule has 1 aromatic carbocycles. The van der Waals surface area contributed by atoms with Gasteiger partial charge in [0.2, 0.25) is 10.0 Å². The standard InChI is InChI=1S/C16H15ClN2O2S/c17-15-6-5-12(9-18-15)10-22(20,21)19-11-16(7-8-16)13-3-1-2-4-14(13)19/h1-6,9H,7-8,10-11H2. The Bertz CT molecular complexity index is 829. The Balaban J connectivity index is 1.68. The number of hydrogen-bond acceptors (Lipinski definition) is 3. The van der Waals surface area contributed by atoms with Crippen molar-refractivity contribution in [2.24, 2.45) is 0 Å². The molecule has 22 heavy (non-hydrogen) atoms. The van der Waals surface area contributed by atoms with Crippen molar-refractivity contribution in [3.05, 3.63) is 58.9 Å². The Morgan fingerprint density at radius 2 is 1.95 bits per heavy atom. The summed E-state index contributed by atoms with van der Waals surface area (Å²) in [4.78, 5) is 3.96. The van der Waals surface area contributed by atoms with E-state index in [1.165, 1.54) is 11.8 Å². The lowest BCUT2D eigenvalue weighted by Gasteiger charge is -2.20. The molecular weight excluding hydrogens is 320 g/mol. The monoisotopic (exact) mass is 334 g/mol. The molecule has 4 rings (SSSR count). The molecule has 1 aliphatic heterocycles. The van der Waals surface area contributed by atoms with Crippen LogP contribution >= 0.6 is 11.6 Å². The highest BCUT2D eigenvalue weighted by molar-refractivity contribution is 7.92. The third-order valence-corrected chi connectivity index (χ3v) is 6.44. The molecule has 114 valence electrons. The summed E-state index contributed by atoms with van der Waals surface area (Å²) in [5, 5.41) is 0.365. The predicted molar refractivity (Wildman–Crippen MR) is 86.6 cm³/mol. The number of sulfonamides is 1. The van der Waals surface area contributed by atoms with Crippen molar-refractivity contribution in [1.29, 1.82) is 0 Å². The predicted octanol–water partition coefficient (Wildman–Crippen LogP) is 3.12. The highest BCUT2D eigenvalue weighted by atomic mass is 35.5. The van der Waals surface area contributed by atoms with Gasteiger partial charge in [0.1, 0.15) is 5.15 Å². The quantitative estimate of drug-likeness (QED) is 0.810. The van der Waals surface area contributed by atoms with Crippen molar-refractivity contribution >= 4 is 27.3 Å². The summed E-state index contributed by atoms with van der Waals surface area (Å²) in [5.41, 5.74) is 2.72. The molecule has 2 aromatic rings. The SMILES string of the molecule is O=S(=O)(Cc1ccc(Cl)nc1)N1CC2(CC2)c2ccccc21. The Morgan fingerprint density at radius 1 is 1.18 bits per heavy atom. The second-order valence-corrected chi connectivity index (χ2v) is 8.33. The summed E-state index contributed by atoms with van der Waals surface area (Å²) in [6.07, 6.45) is 3.66. The number of benzene rings is 1. The molecule has 2 aliphatic rings. The minimum absolute atomic E-state index is 0.0540. The molecule has 0 radical (unpaired) electrons. The second kappa shape index (κ2) is 4.70. The van der Waals surface area contributed by atoms with Crippen LogP contribution in [0.5, 0.6) is 0 Å². The van der Waals surface area contributed by atoms with Crippen molar-refractivity contribution in [3.8, 4) is 0 Å². The van der Waals surface area contributed by atoms with E-state index in [1.807, 2.05) is 18.2 Å². The van der Waals surface area contributed by atoms with Crippen LogP contribution in [0.15, 0.2) is 42.6 Å². The maximum atomic E-state index is 12.8. The van der Waals surface area contributed by atoms with Gasteiger partial charge in [-0.2, -0.15) is 0 Å². The molecule has 1 fully saturated rings. The van der Waals surface area contributed by atoms with Gasteiger partial charge in [0.05, 0.1) is 11.4 Å². The molecule has 1 spiro atoms. The largest absolute Gasteiger partial charge is 0.269 e. The third-order valence-electron chi connectivity index (χ3n) is 4.52. The number of halogens is 1. The molecule has 0 atom stereocenters. The van der Waals surface area contributed by atoms with Crippen LogP contribution in [0.3, 0.4) is 0 Å². The first kappa shape index (κ1) is 14.0. The number of anilines is 1. The van der Waals surface area contributed by atoms with Crippen LogP contribution in [-0.2, 0) is 21.2 Å². The van der Waals surface area contributed by atoms with Gasteiger partial charge in [0, 0.05) is 18.2 Å². The van der Waals surface area contributed by atoms with Gasteiger partial charge < -0.3 is 0 Å². The highest BCUT2D eigenvalue weighted by Gasteiger charge is 2.53. The van der Waals surface area contributed by atoms with E-state index in [0.717, 1.165) is 18.5 Å². The minimum atomic E-state index is -3.42. The normalized spacial score (nSPS) is 18.5. The van der Waals surface area contributed by atoms with Gasteiger partial charge in [-0.15, -0.1) is 0 Å². The third kappa shape index (κ3) is 2.20. The van der Waals surface area contributed by atoms with E-state index < -0.39 is 10.0 Å². The lowest BCUT2D eigenvalue weighted by atomic mass is 9.99. The maximum absolute atomic E-state index is 12.8. The molecule has 1 aliphatic carbocycles. The van der Waals surface area contributed by atoms with Crippen LogP contribution in [0.4, 0.5) is 5.69 Å². The first-order valence-electron chi connectivity index (χ1n) is 7.21. The molecular formula is C16H15ClN2O2S. The van der Waals surface area contributed by atoms with Gasteiger partial charge >= 0.3 is 0 Å². The number of pyridine rings is 1. The van der Waals surface area contributed by atoms with Crippen molar-refractivity contribution < 1.29 is 8.42 Å². The fourth-order valence-electron chi connectivity index (χ4n) is 3.19. The average molecular weight is 335 g/mol. The Hall–Kier alpha value is -1.59. The van der Waals surface area contributed by atoms with Crippen LogP contribution < -0.4 is 4.31 Å².